The lowest BCUT2D eigenvalue weighted by molar-refractivity contribution is -0.148. The van der Waals surface area contributed by atoms with Crippen molar-refractivity contribution in [1.29, 1.82) is 0 Å². The molecule has 2 aliphatic heterocycles. The van der Waals surface area contributed by atoms with Crippen LogP contribution in [0, 0.1) is 19.8 Å². The van der Waals surface area contributed by atoms with Crippen molar-refractivity contribution in [3.05, 3.63) is 35.7 Å². The van der Waals surface area contributed by atoms with Crippen molar-refractivity contribution < 1.29 is 9.53 Å². The van der Waals surface area contributed by atoms with Crippen LogP contribution in [0.3, 0.4) is 0 Å². The molecule has 0 aliphatic carbocycles. The lowest BCUT2D eigenvalue weighted by Crippen LogP contribution is -2.47. The van der Waals surface area contributed by atoms with Gasteiger partial charge in [0.15, 0.2) is 11.6 Å². The molecule has 8 heteroatoms. The third-order valence-electron chi connectivity index (χ3n) is 6.75. The standard InChI is InChI=1S/C24H34N6O2/c1-4-32-24(31)19-8-10-29(11-9-19)22-21(25)23(27-16-26-22)30-14-12-28(13-15-30)20-7-5-6-17(2)18(20)3/h5-7,16,19H,4,8-15,25H2,1-3H3. The molecule has 0 spiro atoms. The van der Waals surface area contributed by atoms with Gasteiger partial charge in [-0.3, -0.25) is 4.79 Å². The number of carbonyl (C=O) groups is 1. The lowest BCUT2D eigenvalue weighted by Gasteiger charge is -2.38. The average Bonchev–Trinajstić information content (AvgIpc) is 2.82. The van der Waals surface area contributed by atoms with E-state index in [1.54, 1.807) is 6.33 Å². The van der Waals surface area contributed by atoms with Crippen molar-refractivity contribution in [2.24, 2.45) is 5.92 Å². The lowest BCUT2D eigenvalue weighted by atomic mass is 9.97. The monoisotopic (exact) mass is 438 g/mol. The number of aryl methyl sites for hydroxylation is 1. The van der Waals surface area contributed by atoms with Crippen molar-refractivity contribution in [3.63, 3.8) is 0 Å². The molecule has 2 saturated heterocycles. The minimum absolute atomic E-state index is 0.0353. The van der Waals surface area contributed by atoms with Crippen LogP contribution in [0.15, 0.2) is 24.5 Å². The van der Waals surface area contributed by atoms with Gasteiger partial charge in [0.1, 0.15) is 12.0 Å². The number of nitrogen functional groups attached to an aromatic ring is 1. The van der Waals surface area contributed by atoms with Crippen LogP contribution >= 0.6 is 0 Å². The van der Waals surface area contributed by atoms with E-state index in [0.29, 0.717) is 12.3 Å². The van der Waals surface area contributed by atoms with Crippen LogP contribution in [0.1, 0.15) is 30.9 Å². The van der Waals surface area contributed by atoms with E-state index < -0.39 is 0 Å². The summed E-state index contributed by atoms with van der Waals surface area (Å²) in [6.07, 6.45) is 3.12. The van der Waals surface area contributed by atoms with Gasteiger partial charge < -0.3 is 25.2 Å². The quantitative estimate of drug-likeness (QED) is 0.713. The Hall–Kier alpha value is -3.03. The molecule has 0 saturated carbocycles. The highest BCUT2D eigenvalue weighted by Crippen LogP contribution is 2.33. The Morgan fingerprint density at radius 1 is 1.00 bits per heavy atom. The van der Waals surface area contributed by atoms with Gasteiger partial charge in [0, 0.05) is 45.0 Å². The Morgan fingerprint density at radius 3 is 2.22 bits per heavy atom. The van der Waals surface area contributed by atoms with Crippen LogP contribution in [0.25, 0.3) is 0 Å². The van der Waals surface area contributed by atoms with Gasteiger partial charge in [-0.25, -0.2) is 9.97 Å². The first-order valence-corrected chi connectivity index (χ1v) is 11.6. The number of ether oxygens (including phenoxy) is 1. The maximum absolute atomic E-state index is 12.0. The molecule has 172 valence electrons. The summed E-state index contributed by atoms with van der Waals surface area (Å²) in [5.74, 6) is 1.45. The van der Waals surface area contributed by atoms with E-state index in [2.05, 4.69) is 56.7 Å². The highest BCUT2D eigenvalue weighted by Gasteiger charge is 2.29. The van der Waals surface area contributed by atoms with E-state index in [0.717, 1.165) is 63.7 Å². The fraction of sp³-hybridized carbons (Fsp3) is 0.542. The Kier molecular flexibility index (Phi) is 6.67. The first-order valence-electron chi connectivity index (χ1n) is 11.6. The summed E-state index contributed by atoms with van der Waals surface area (Å²) >= 11 is 0. The molecule has 1 aromatic carbocycles. The number of aromatic nitrogens is 2. The molecule has 8 nitrogen and oxygen atoms in total. The van der Waals surface area contributed by atoms with E-state index >= 15 is 0 Å². The van der Waals surface area contributed by atoms with Gasteiger partial charge in [0.2, 0.25) is 0 Å². The van der Waals surface area contributed by atoms with Crippen LogP contribution in [0.4, 0.5) is 23.0 Å². The second-order valence-corrected chi connectivity index (χ2v) is 8.64. The number of carbonyl (C=O) groups excluding carboxylic acids is 1. The molecule has 0 radical (unpaired) electrons. The van der Waals surface area contributed by atoms with Gasteiger partial charge in [0.05, 0.1) is 12.5 Å². The summed E-state index contributed by atoms with van der Waals surface area (Å²) in [5.41, 5.74) is 11.2. The normalized spacial score (nSPS) is 17.5. The summed E-state index contributed by atoms with van der Waals surface area (Å²) in [6, 6.07) is 6.49. The zero-order chi connectivity index (χ0) is 22.7. The van der Waals surface area contributed by atoms with Gasteiger partial charge in [0.25, 0.3) is 0 Å². The zero-order valence-corrected chi connectivity index (χ0v) is 19.4. The van der Waals surface area contributed by atoms with Gasteiger partial charge >= 0.3 is 5.97 Å². The van der Waals surface area contributed by atoms with Crippen LogP contribution in [0.2, 0.25) is 0 Å². The fourth-order valence-corrected chi connectivity index (χ4v) is 4.71. The van der Waals surface area contributed by atoms with E-state index in [1.807, 2.05) is 6.92 Å². The summed E-state index contributed by atoms with van der Waals surface area (Å²) in [5, 5.41) is 0. The molecule has 0 atom stereocenters. The highest BCUT2D eigenvalue weighted by molar-refractivity contribution is 5.77. The van der Waals surface area contributed by atoms with Crippen molar-refractivity contribution in [2.75, 3.05) is 66.3 Å². The van der Waals surface area contributed by atoms with E-state index in [9.17, 15) is 4.79 Å². The smallest absolute Gasteiger partial charge is 0.309 e. The molecule has 0 bridgehead atoms. The van der Waals surface area contributed by atoms with E-state index in [1.165, 1.54) is 16.8 Å². The minimum Gasteiger partial charge on any atom is -0.466 e. The van der Waals surface area contributed by atoms with Crippen molar-refractivity contribution in [3.8, 4) is 0 Å². The summed E-state index contributed by atoms with van der Waals surface area (Å²) in [4.78, 5) is 27.9. The topological polar surface area (TPSA) is 87.8 Å². The maximum Gasteiger partial charge on any atom is 0.309 e. The summed E-state index contributed by atoms with van der Waals surface area (Å²) in [7, 11) is 0. The second kappa shape index (κ2) is 9.63. The van der Waals surface area contributed by atoms with E-state index in [-0.39, 0.29) is 11.9 Å². The fourth-order valence-electron chi connectivity index (χ4n) is 4.71. The molecule has 0 amide bonds. The van der Waals surface area contributed by atoms with Crippen molar-refractivity contribution >= 4 is 29.0 Å². The third-order valence-corrected chi connectivity index (χ3v) is 6.75. The predicted octanol–water partition coefficient (Wildman–Crippen LogP) is 2.78. The van der Waals surface area contributed by atoms with Crippen molar-refractivity contribution in [1.82, 2.24) is 9.97 Å². The number of piperidine rings is 1. The van der Waals surface area contributed by atoms with Crippen LogP contribution in [-0.4, -0.2) is 61.8 Å². The molecular formula is C24H34N6O2. The molecule has 2 aliphatic rings. The van der Waals surface area contributed by atoms with Gasteiger partial charge in [-0.05, 0) is 50.8 Å². The van der Waals surface area contributed by atoms with Gasteiger partial charge in [-0.1, -0.05) is 12.1 Å². The summed E-state index contributed by atoms with van der Waals surface area (Å²) in [6.45, 7) is 11.7. The third kappa shape index (κ3) is 4.45. The molecule has 3 heterocycles. The number of benzene rings is 1. The van der Waals surface area contributed by atoms with Crippen LogP contribution in [0.5, 0.6) is 0 Å². The maximum atomic E-state index is 12.0. The molecule has 0 unspecified atom stereocenters. The molecule has 2 N–H and O–H groups in total. The van der Waals surface area contributed by atoms with Crippen LogP contribution < -0.4 is 20.4 Å². The second-order valence-electron chi connectivity index (χ2n) is 8.64. The molecule has 4 rings (SSSR count). The van der Waals surface area contributed by atoms with Gasteiger partial charge in [-0.15, -0.1) is 0 Å². The number of nitrogens with zero attached hydrogens (tertiary/aromatic N) is 5. The molecular weight excluding hydrogens is 404 g/mol. The largest absolute Gasteiger partial charge is 0.466 e. The predicted molar refractivity (Wildman–Crippen MR) is 128 cm³/mol. The number of hydrogen-bond acceptors (Lipinski definition) is 8. The summed E-state index contributed by atoms with van der Waals surface area (Å²) < 4.78 is 5.18. The average molecular weight is 439 g/mol. The number of hydrogen-bond donors (Lipinski definition) is 1. The molecule has 32 heavy (non-hydrogen) atoms. The zero-order valence-electron chi connectivity index (χ0n) is 19.4. The first-order chi connectivity index (χ1) is 15.5. The van der Waals surface area contributed by atoms with E-state index in [4.69, 9.17) is 10.5 Å². The highest BCUT2D eigenvalue weighted by atomic mass is 16.5. The number of anilines is 4. The first kappa shape index (κ1) is 22.2. The Morgan fingerprint density at radius 2 is 1.59 bits per heavy atom. The minimum atomic E-state index is -0.0924. The SMILES string of the molecule is CCOC(=O)C1CCN(c2ncnc(N3CCN(c4cccc(C)c4C)CC3)c2N)CC1. The number of piperazine rings is 1. The Bertz CT molecular complexity index is 950. The van der Waals surface area contributed by atoms with Crippen LogP contribution in [-0.2, 0) is 9.53 Å². The Balaban J connectivity index is 1.41. The molecule has 2 aromatic rings. The number of rotatable bonds is 5. The van der Waals surface area contributed by atoms with Gasteiger partial charge in [-0.2, -0.15) is 0 Å². The Labute approximate surface area is 190 Å². The molecule has 1 aromatic heterocycles. The van der Waals surface area contributed by atoms with Crippen molar-refractivity contribution in [2.45, 2.75) is 33.6 Å². The number of esters is 1. The number of nitrogens with two attached hydrogens (primary N) is 1. The molecule has 2 fully saturated rings.